The monoisotopic (exact) mass is 294 g/mol. The van der Waals surface area contributed by atoms with E-state index in [1.165, 1.54) is 5.41 Å². The maximum Gasteiger partial charge on any atom is 0.236 e. The predicted octanol–water partition coefficient (Wildman–Crippen LogP) is 1.92. The minimum absolute atomic E-state index is 0.588. The first-order chi connectivity index (χ1) is 9.62. The third kappa shape index (κ3) is 4.16. The molecule has 1 heterocycles. The molecule has 2 rings (SSSR count). The molecule has 0 spiro atoms. The van der Waals surface area contributed by atoms with Crippen molar-refractivity contribution in [1.82, 2.24) is 9.62 Å². The van der Waals surface area contributed by atoms with Crippen LogP contribution in [0.1, 0.15) is 18.4 Å². The summed E-state index contributed by atoms with van der Waals surface area (Å²) in [5.41, 5.74) is 0.904. The van der Waals surface area contributed by atoms with Gasteiger partial charge in [-0.15, -0.1) is 0 Å². The van der Waals surface area contributed by atoms with Crippen LogP contribution >= 0.6 is 0 Å². The molecular formula is C15H22N2O2S. The molecular weight excluding hydrogens is 272 g/mol. The van der Waals surface area contributed by atoms with Crippen LogP contribution in [0.3, 0.4) is 0 Å². The molecule has 0 radical (unpaired) electrons. The Bertz CT molecular complexity index is 532. The van der Waals surface area contributed by atoms with Gasteiger partial charge in [-0.25, -0.2) is 8.42 Å². The molecule has 0 bridgehead atoms. The fourth-order valence-electron chi connectivity index (χ4n) is 2.47. The fourth-order valence-corrected chi connectivity index (χ4v) is 3.69. The Labute approximate surface area is 121 Å². The standard InChI is InChI=1S/C15H22N2O2S/c1-16-13-15-7-10-17(11-8-15)20(18,19)12-9-14-5-3-2-4-6-14/h2-6,9,12,15-16H,7-8,10-11,13H2,1H3. The first-order valence-electron chi connectivity index (χ1n) is 7.00. The number of rotatable bonds is 5. The minimum atomic E-state index is -3.29. The van der Waals surface area contributed by atoms with Crippen LogP contribution in [-0.2, 0) is 10.0 Å². The summed E-state index contributed by atoms with van der Waals surface area (Å²) in [6, 6.07) is 9.50. The molecule has 0 atom stereocenters. The summed E-state index contributed by atoms with van der Waals surface area (Å²) in [5, 5.41) is 4.48. The van der Waals surface area contributed by atoms with Crippen molar-refractivity contribution in [2.45, 2.75) is 12.8 Å². The number of sulfonamides is 1. The summed E-state index contributed by atoms with van der Waals surface area (Å²) in [6.07, 6.45) is 3.52. The number of nitrogens with zero attached hydrogens (tertiary/aromatic N) is 1. The van der Waals surface area contributed by atoms with E-state index in [4.69, 9.17) is 0 Å². The van der Waals surface area contributed by atoms with Crippen LogP contribution < -0.4 is 5.32 Å². The van der Waals surface area contributed by atoms with E-state index in [1.807, 2.05) is 37.4 Å². The predicted molar refractivity (Wildman–Crippen MR) is 82.6 cm³/mol. The van der Waals surface area contributed by atoms with Crippen molar-refractivity contribution in [1.29, 1.82) is 0 Å². The Hall–Kier alpha value is -1.17. The summed E-state index contributed by atoms with van der Waals surface area (Å²) in [7, 11) is -1.35. The van der Waals surface area contributed by atoms with Gasteiger partial charge in [0.25, 0.3) is 0 Å². The summed E-state index contributed by atoms with van der Waals surface area (Å²) in [5.74, 6) is 0.588. The summed E-state index contributed by atoms with van der Waals surface area (Å²) in [4.78, 5) is 0. The zero-order chi connectivity index (χ0) is 14.4. The Morgan fingerprint density at radius 1 is 1.25 bits per heavy atom. The van der Waals surface area contributed by atoms with Gasteiger partial charge < -0.3 is 5.32 Å². The largest absolute Gasteiger partial charge is 0.319 e. The molecule has 0 aliphatic carbocycles. The fraction of sp³-hybridized carbons (Fsp3) is 0.467. The zero-order valence-corrected chi connectivity index (χ0v) is 12.6. The highest BCUT2D eigenvalue weighted by Crippen LogP contribution is 2.20. The quantitative estimate of drug-likeness (QED) is 0.902. The van der Waals surface area contributed by atoms with Gasteiger partial charge in [0.1, 0.15) is 0 Å². The average molecular weight is 294 g/mol. The molecule has 1 fully saturated rings. The van der Waals surface area contributed by atoms with Crippen molar-refractivity contribution in [3.05, 3.63) is 41.3 Å². The third-order valence-corrected chi connectivity index (χ3v) is 5.22. The topological polar surface area (TPSA) is 49.4 Å². The number of benzene rings is 1. The van der Waals surface area contributed by atoms with Gasteiger partial charge in [0.15, 0.2) is 0 Å². The number of nitrogens with one attached hydrogen (secondary N) is 1. The van der Waals surface area contributed by atoms with E-state index < -0.39 is 10.0 Å². The van der Waals surface area contributed by atoms with Crippen LogP contribution in [0.15, 0.2) is 35.7 Å². The Balaban J connectivity index is 1.96. The van der Waals surface area contributed by atoms with Crippen molar-refractivity contribution in [3.8, 4) is 0 Å². The second kappa shape index (κ2) is 7.02. The molecule has 1 aromatic rings. The number of piperidine rings is 1. The maximum atomic E-state index is 12.2. The minimum Gasteiger partial charge on any atom is -0.319 e. The Kier molecular flexibility index (Phi) is 5.34. The molecule has 20 heavy (non-hydrogen) atoms. The van der Waals surface area contributed by atoms with Crippen LogP contribution in [0.2, 0.25) is 0 Å². The number of hydrogen-bond donors (Lipinski definition) is 1. The van der Waals surface area contributed by atoms with Gasteiger partial charge in [-0.3, -0.25) is 0 Å². The molecule has 0 unspecified atom stereocenters. The summed E-state index contributed by atoms with van der Waals surface area (Å²) >= 11 is 0. The first kappa shape index (κ1) is 15.2. The highest BCUT2D eigenvalue weighted by Gasteiger charge is 2.25. The van der Waals surface area contributed by atoms with E-state index in [0.717, 1.165) is 24.9 Å². The molecule has 0 amide bonds. The van der Waals surface area contributed by atoms with Crippen molar-refractivity contribution in [3.63, 3.8) is 0 Å². The maximum absolute atomic E-state index is 12.2. The first-order valence-corrected chi connectivity index (χ1v) is 8.50. The van der Waals surface area contributed by atoms with Crippen molar-refractivity contribution < 1.29 is 8.42 Å². The molecule has 0 aromatic heterocycles. The number of hydrogen-bond acceptors (Lipinski definition) is 3. The molecule has 110 valence electrons. The van der Waals surface area contributed by atoms with Gasteiger partial charge >= 0.3 is 0 Å². The highest BCUT2D eigenvalue weighted by molar-refractivity contribution is 7.92. The lowest BCUT2D eigenvalue weighted by Crippen LogP contribution is -2.39. The normalized spacial score (nSPS) is 18.6. The molecule has 1 aromatic carbocycles. The lowest BCUT2D eigenvalue weighted by atomic mass is 9.98. The van der Waals surface area contributed by atoms with Gasteiger partial charge in [-0.1, -0.05) is 30.3 Å². The summed E-state index contributed by atoms with van der Waals surface area (Å²) < 4.78 is 26.1. The highest BCUT2D eigenvalue weighted by atomic mass is 32.2. The van der Waals surface area contributed by atoms with Crippen molar-refractivity contribution >= 4 is 16.1 Å². The molecule has 1 aliphatic rings. The van der Waals surface area contributed by atoms with E-state index in [9.17, 15) is 8.42 Å². The average Bonchev–Trinajstić information content (AvgIpc) is 2.47. The van der Waals surface area contributed by atoms with Gasteiger partial charge in [0.2, 0.25) is 10.0 Å². The smallest absolute Gasteiger partial charge is 0.236 e. The van der Waals surface area contributed by atoms with E-state index >= 15 is 0 Å². The Morgan fingerprint density at radius 3 is 2.50 bits per heavy atom. The van der Waals surface area contributed by atoms with Crippen LogP contribution in [0.5, 0.6) is 0 Å². The molecule has 5 heteroatoms. The van der Waals surface area contributed by atoms with Crippen LogP contribution in [-0.4, -0.2) is 39.4 Å². The second-order valence-electron chi connectivity index (χ2n) is 5.16. The van der Waals surface area contributed by atoms with Crippen LogP contribution in [0, 0.1) is 5.92 Å². The van der Waals surface area contributed by atoms with E-state index in [-0.39, 0.29) is 0 Å². The Morgan fingerprint density at radius 2 is 1.90 bits per heavy atom. The van der Waals surface area contributed by atoms with Crippen molar-refractivity contribution in [2.75, 3.05) is 26.7 Å². The third-order valence-electron chi connectivity index (χ3n) is 3.66. The van der Waals surface area contributed by atoms with Crippen LogP contribution in [0.4, 0.5) is 0 Å². The molecule has 4 nitrogen and oxygen atoms in total. The van der Waals surface area contributed by atoms with Gasteiger partial charge in [0, 0.05) is 18.5 Å². The van der Waals surface area contributed by atoms with E-state index in [0.29, 0.717) is 19.0 Å². The van der Waals surface area contributed by atoms with Crippen molar-refractivity contribution in [2.24, 2.45) is 5.92 Å². The SMILES string of the molecule is CNCC1CCN(S(=O)(=O)C=Cc2ccccc2)CC1. The van der Waals surface area contributed by atoms with E-state index in [1.54, 1.807) is 10.4 Å². The zero-order valence-electron chi connectivity index (χ0n) is 11.8. The lowest BCUT2D eigenvalue weighted by Gasteiger charge is -2.30. The van der Waals surface area contributed by atoms with Gasteiger partial charge in [0.05, 0.1) is 0 Å². The molecule has 0 saturated carbocycles. The lowest BCUT2D eigenvalue weighted by molar-refractivity contribution is 0.273. The molecule has 1 N–H and O–H groups in total. The van der Waals surface area contributed by atoms with Gasteiger partial charge in [-0.05, 0) is 44.0 Å². The van der Waals surface area contributed by atoms with E-state index in [2.05, 4.69) is 5.32 Å². The second-order valence-corrected chi connectivity index (χ2v) is 6.98. The van der Waals surface area contributed by atoms with Crippen LogP contribution in [0.25, 0.3) is 6.08 Å². The van der Waals surface area contributed by atoms with Gasteiger partial charge in [-0.2, -0.15) is 4.31 Å². The molecule has 1 aliphatic heterocycles. The summed E-state index contributed by atoms with van der Waals surface area (Å²) in [6.45, 7) is 2.20. The molecule has 1 saturated heterocycles.